The third-order valence-corrected chi connectivity index (χ3v) is 4.77. The Hall–Kier alpha value is -0.0800. The van der Waals surface area contributed by atoms with Crippen molar-refractivity contribution in [2.75, 3.05) is 13.1 Å². The molecule has 1 saturated carbocycles. The topological polar surface area (TPSA) is 23.5 Å². The zero-order valence-corrected chi connectivity index (χ0v) is 11.6. The van der Waals surface area contributed by atoms with E-state index >= 15 is 0 Å². The van der Waals surface area contributed by atoms with Crippen LogP contribution in [0.2, 0.25) is 0 Å². The number of likely N-dealkylation sites (tertiary alicyclic amines) is 1. The Morgan fingerprint density at radius 3 is 2.59 bits per heavy atom. The average molecular weight is 239 g/mol. The minimum absolute atomic E-state index is 0.0362. The van der Waals surface area contributed by atoms with Crippen molar-refractivity contribution in [1.82, 2.24) is 4.90 Å². The van der Waals surface area contributed by atoms with Crippen LogP contribution in [-0.4, -0.2) is 35.2 Å². The molecule has 2 rings (SSSR count). The van der Waals surface area contributed by atoms with Crippen molar-refractivity contribution in [2.24, 2.45) is 11.8 Å². The molecule has 2 nitrogen and oxygen atoms in total. The van der Waals surface area contributed by atoms with E-state index in [9.17, 15) is 5.11 Å². The molecule has 0 aromatic rings. The van der Waals surface area contributed by atoms with Gasteiger partial charge in [0, 0.05) is 12.6 Å². The molecule has 0 spiro atoms. The van der Waals surface area contributed by atoms with Gasteiger partial charge in [-0.3, -0.25) is 4.90 Å². The van der Waals surface area contributed by atoms with Crippen LogP contribution in [0, 0.1) is 11.8 Å². The van der Waals surface area contributed by atoms with Crippen molar-refractivity contribution in [3.8, 4) is 0 Å². The summed E-state index contributed by atoms with van der Waals surface area (Å²) in [6, 6.07) is 0.769. The monoisotopic (exact) mass is 239 g/mol. The largest absolute Gasteiger partial charge is 0.393 e. The van der Waals surface area contributed by atoms with Crippen LogP contribution >= 0.6 is 0 Å². The fourth-order valence-electron chi connectivity index (χ4n) is 3.71. The van der Waals surface area contributed by atoms with Crippen LogP contribution < -0.4 is 0 Å². The zero-order valence-electron chi connectivity index (χ0n) is 11.6. The Kier molecular flexibility index (Phi) is 4.87. The first-order valence-electron chi connectivity index (χ1n) is 7.60. The van der Waals surface area contributed by atoms with Crippen LogP contribution in [0.1, 0.15) is 58.8 Å². The third kappa shape index (κ3) is 3.45. The van der Waals surface area contributed by atoms with Crippen LogP contribution in [0.15, 0.2) is 0 Å². The van der Waals surface area contributed by atoms with E-state index < -0.39 is 0 Å². The Labute approximate surface area is 106 Å². The predicted molar refractivity (Wildman–Crippen MR) is 72.0 cm³/mol. The highest BCUT2D eigenvalue weighted by atomic mass is 16.3. The molecule has 17 heavy (non-hydrogen) atoms. The summed E-state index contributed by atoms with van der Waals surface area (Å²) in [5.41, 5.74) is 0. The second kappa shape index (κ2) is 6.19. The van der Waals surface area contributed by atoms with E-state index in [4.69, 9.17) is 0 Å². The van der Waals surface area contributed by atoms with E-state index in [1.54, 1.807) is 0 Å². The normalized spacial score (nSPS) is 36.4. The van der Waals surface area contributed by atoms with Gasteiger partial charge in [-0.15, -0.1) is 0 Å². The summed E-state index contributed by atoms with van der Waals surface area (Å²) < 4.78 is 0. The zero-order chi connectivity index (χ0) is 12.3. The van der Waals surface area contributed by atoms with E-state index in [-0.39, 0.29) is 6.10 Å². The maximum atomic E-state index is 10.2. The van der Waals surface area contributed by atoms with E-state index in [1.807, 2.05) is 0 Å². The van der Waals surface area contributed by atoms with Crippen molar-refractivity contribution in [2.45, 2.75) is 70.9 Å². The first-order chi connectivity index (χ1) is 8.18. The number of rotatable bonds is 3. The number of aliphatic hydroxyl groups is 1. The van der Waals surface area contributed by atoms with Gasteiger partial charge in [-0.05, 0) is 44.1 Å². The summed E-state index contributed by atoms with van der Waals surface area (Å²) >= 11 is 0. The van der Waals surface area contributed by atoms with Gasteiger partial charge in [0.2, 0.25) is 0 Å². The van der Waals surface area contributed by atoms with Gasteiger partial charge >= 0.3 is 0 Å². The van der Waals surface area contributed by atoms with E-state index in [1.165, 1.54) is 45.1 Å². The number of aliphatic hydroxyl groups excluding tert-OH is 1. The van der Waals surface area contributed by atoms with E-state index in [0.29, 0.717) is 5.92 Å². The molecular weight excluding hydrogens is 210 g/mol. The van der Waals surface area contributed by atoms with Crippen molar-refractivity contribution >= 4 is 0 Å². The standard InChI is InChI=1S/C15H29NO/c1-12(2)14-8-6-10-16(14)11-13-7-4-3-5-9-15(13)17/h12-15,17H,3-11H2,1-2H3. The number of nitrogens with zero attached hydrogens (tertiary/aromatic N) is 1. The molecule has 1 heterocycles. The lowest BCUT2D eigenvalue weighted by molar-refractivity contribution is 0.0642. The highest BCUT2D eigenvalue weighted by molar-refractivity contribution is 4.85. The second-order valence-electron chi connectivity index (χ2n) is 6.41. The number of hydrogen-bond acceptors (Lipinski definition) is 2. The first kappa shape index (κ1) is 13.4. The first-order valence-corrected chi connectivity index (χ1v) is 7.60. The summed E-state index contributed by atoms with van der Waals surface area (Å²) in [5, 5.41) is 10.2. The molecule has 2 heteroatoms. The predicted octanol–water partition coefficient (Wildman–Crippen LogP) is 3.05. The minimum atomic E-state index is -0.0362. The summed E-state index contributed by atoms with van der Waals surface area (Å²) in [4.78, 5) is 2.66. The molecule has 0 aromatic heterocycles. The fraction of sp³-hybridized carbons (Fsp3) is 1.00. The summed E-state index contributed by atoms with van der Waals surface area (Å²) in [5.74, 6) is 1.30. The Balaban J connectivity index is 1.89. The molecule has 1 saturated heterocycles. The maximum Gasteiger partial charge on any atom is 0.0580 e. The molecule has 1 aliphatic heterocycles. The summed E-state index contributed by atoms with van der Waals surface area (Å²) in [6.07, 6.45) is 8.82. The van der Waals surface area contributed by atoms with Crippen LogP contribution in [0.4, 0.5) is 0 Å². The molecule has 0 bridgehead atoms. The second-order valence-corrected chi connectivity index (χ2v) is 6.41. The van der Waals surface area contributed by atoms with E-state index in [2.05, 4.69) is 18.7 Å². The van der Waals surface area contributed by atoms with Gasteiger partial charge in [-0.2, -0.15) is 0 Å². The Morgan fingerprint density at radius 2 is 1.82 bits per heavy atom. The van der Waals surface area contributed by atoms with Crippen molar-refractivity contribution in [1.29, 1.82) is 0 Å². The van der Waals surface area contributed by atoms with Gasteiger partial charge in [0.05, 0.1) is 6.10 Å². The lowest BCUT2D eigenvalue weighted by Crippen LogP contribution is -2.40. The van der Waals surface area contributed by atoms with Crippen molar-refractivity contribution < 1.29 is 5.11 Å². The summed E-state index contributed by atoms with van der Waals surface area (Å²) in [6.45, 7) is 7.08. The molecule has 0 aromatic carbocycles. The van der Waals surface area contributed by atoms with Gasteiger partial charge in [-0.1, -0.05) is 33.1 Å². The van der Waals surface area contributed by atoms with Crippen LogP contribution in [0.3, 0.4) is 0 Å². The van der Waals surface area contributed by atoms with Crippen LogP contribution in [-0.2, 0) is 0 Å². The quantitative estimate of drug-likeness (QED) is 0.765. The molecule has 1 N–H and O–H groups in total. The number of hydrogen-bond donors (Lipinski definition) is 1. The van der Waals surface area contributed by atoms with Gasteiger partial charge in [0.25, 0.3) is 0 Å². The minimum Gasteiger partial charge on any atom is -0.393 e. The Bertz CT molecular complexity index is 229. The van der Waals surface area contributed by atoms with Gasteiger partial charge < -0.3 is 5.11 Å². The fourth-order valence-corrected chi connectivity index (χ4v) is 3.71. The molecule has 0 amide bonds. The Morgan fingerprint density at radius 1 is 1.06 bits per heavy atom. The molecule has 2 fully saturated rings. The molecule has 3 unspecified atom stereocenters. The molecular formula is C15H29NO. The van der Waals surface area contributed by atoms with Crippen LogP contribution in [0.5, 0.6) is 0 Å². The third-order valence-electron chi connectivity index (χ3n) is 4.77. The van der Waals surface area contributed by atoms with Crippen molar-refractivity contribution in [3.63, 3.8) is 0 Å². The lowest BCUT2D eigenvalue weighted by atomic mass is 9.95. The molecule has 0 radical (unpaired) electrons. The maximum absolute atomic E-state index is 10.2. The highest BCUT2D eigenvalue weighted by Crippen LogP contribution is 2.29. The van der Waals surface area contributed by atoms with Gasteiger partial charge in [0.1, 0.15) is 0 Å². The van der Waals surface area contributed by atoms with Gasteiger partial charge in [-0.25, -0.2) is 0 Å². The lowest BCUT2D eigenvalue weighted by Gasteiger charge is -2.32. The molecule has 2 aliphatic rings. The molecule has 1 aliphatic carbocycles. The van der Waals surface area contributed by atoms with Crippen LogP contribution in [0.25, 0.3) is 0 Å². The molecule has 100 valence electrons. The molecule has 3 atom stereocenters. The summed E-state index contributed by atoms with van der Waals surface area (Å²) in [7, 11) is 0. The average Bonchev–Trinajstić information content (AvgIpc) is 2.66. The smallest absolute Gasteiger partial charge is 0.0580 e. The highest BCUT2D eigenvalue weighted by Gasteiger charge is 2.31. The SMILES string of the molecule is CC(C)C1CCCN1CC1CCCCCC1O. The van der Waals surface area contributed by atoms with E-state index in [0.717, 1.165) is 24.9 Å². The van der Waals surface area contributed by atoms with Crippen molar-refractivity contribution in [3.05, 3.63) is 0 Å². The van der Waals surface area contributed by atoms with Gasteiger partial charge in [0.15, 0.2) is 0 Å².